The molecule has 11 aromatic rings. The third kappa shape index (κ3) is 6.92. The predicted octanol–water partition coefficient (Wildman–Crippen LogP) is 20.5. The molecule has 11 aromatic carbocycles. The summed E-state index contributed by atoms with van der Waals surface area (Å²) in [5, 5.41) is 7.64. The molecule has 2 fully saturated rings. The van der Waals surface area contributed by atoms with E-state index in [1.807, 2.05) is 0 Å². The smallest absolute Gasteiger partial charge is 0.0737 e. The summed E-state index contributed by atoms with van der Waals surface area (Å²) in [4.78, 5) is 5.00. The largest absolute Gasteiger partial charge is 0.310 e. The van der Waals surface area contributed by atoms with Crippen LogP contribution in [0.3, 0.4) is 0 Å². The Kier molecular flexibility index (Phi) is 10.6. The molecule has 0 aromatic heterocycles. The van der Waals surface area contributed by atoms with Crippen molar-refractivity contribution in [2.24, 2.45) is 0 Å². The third-order valence-corrected chi connectivity index (χ3v) is 18.0. The highest BCUT2D eigenvalue weighted by Crippen LogP contribution is 2.67. The molecule has 2 nitrogen and oxygen atoms in total. The van der Waals surface area contributed by atoms with Crippen molar-refractivity contribution >= 4 is 66.4 Å². The molecule has 0 N–H and O–H groups in total. The molecular weight excluding hydrogens is 905 g/mol. The van der Waals surface area contributed by atoms with Gasteiger partial charge in [-0.2, -0.15) is 0 Å². The Labute approximate surface area is 441 Å². The quantitative estimate of drug-likeness (QED) is 0.140. The fourth-order valence-corrected chi connectivity index (χ4v) is 14.7. The average Bonchev–Trinajstić information content (AvgIpc) is 4.14. The van der Waals surface area contributed by atoms with Gasteiger partial charge in [-0.3, -0.25) is 0 Å². The lowest BCUT2D eigenvalue weighted by Gasteiger charge is -2.34. The van der Waals surface area contributed by atoms with E-state index >= 15 is 0 Å². The van der Waals surface area contributed by atoms with Crippen molar-refractivity contribution in [3.05, 3.63) is 264 Å². The molecule has 0 heterocycles. The summed E-state index contributed by atoms with van der Waals surface area (Å²) in [6, 6.07) is 88.4. The van der Waals surface area contributed by atoms with E-state index in [0.717, 1.165) is 17.1 Å². The van der Waals surface area contributed by atoms with Crippen molar-refractivity contribution in [3.8, 4) is 22.3 Å². The fraction of sp³-hybridized carbons (Fsp3) is 0.178. The lowest BCUT2D eigenvalue weighted by molar-refractivity contribution is 0.443. The van der Waals surface area contributed by atoms with E-state index in [1.165, 1.54) is 169 Å². The summed E-state index contributed by atoms with van der Waals surface area (Å²) in [6.45, 7) is 0. The Morgan fingerprint density at radius 2 is 0.733 bits per heavy atom. The zero-order valence-corrected chi connectivity index (χ0v) is 42.6. The van der Waals surface area contributed by atoms with E-state index in [9.17, 15) is 0 Å². The molecule has 75 heavy (non-hydrogen) atoms. The van der Waals surface area contributed by atoms with Gasteiger partial charge in [0.25, 0.3) is 0 Å². The Morgan fingerprint density at radius 1 is 0.293 bits per heavy atom. The average molecular weight is 965 g/mol. The number of benzene rings is 11. The van der Waals surface area contributed by atoms with Crippen LogP contribution in [0.4, 0.5) is 34.1 Å². The first-order chi connectivity index (χ1) is 37.2. The van der Waals surface area contributed by atoms with E-state index in [4.69, 9.17) is 0 Å². The van der Waals surface area contributed by atoms with Gasteiger partial charge in [0.05, 0.1) is 11.1 Å². The molecule has 2 heteroatoms. The van der Waals surface area contributed by atoms with Crippen molar-refractivity contribution in [2.45, 2.75) is 81.5 Å². The molecule has 0 aliphatic heterocycles. The molecule has 0 radical (unpaired) electrons. The highest BCUT2D eigenvalue weighted by atomic mass is 15.1. The van der Waals surface area contributed by atoms with Crippen molar-refractivity contribution in [3.63, 3.8) is 0 Å². The molecule has 362 valence electrons. The lowest BCUT2D eigenvalue weighted by Crippen LogP contribution is -2.26. The summed E-state index contributed by atoms with van der Waals surface area (Å²) >= 11 is 0. The number of nitrogens with zero attached hydrogens (tertiary/aromatic N) is 2. The Hall–Kier alpha value is -8.20. The van der Waals surface area contributed by atoms with Gasteiger partial charge in [0.15, 0.2) is 0 Å². The fourth-order valence-electron chi connectivity index (χ4n) is 14.7. The molecule has 1 spiro atoms. The van der Waals surface area contributed by atoms with Gasteiger partial charge in [0.2, 0.25) is 0 Å². The number of hydrogen-bond acceptors (Lipinski definition) is 2. The summed E-state index contributed by atoms with van der Waals surface area (Å²) in [6.07, 6.45) is 13.2. The number of rotatable bonds is 8. The highest BCUT2D eigenvalue weighted by Gasteiger charge is 2.54. The minimum absolute atomic E-state index is 0.604. The van der Waals surface area contributed by atoms with Gasteiger partial charge in [0.1, 0.15) is 0 Å². The van der Waals surface area contributed by atoms with E-state index < -0.39 is 5.41 Å². The molecule has 2 saturated carbocycles. The zero-order chi connectivity index (χ0) is 49.5. The molecule has 0 saturated heterocycles. The topological polar surface area (TPSA) is 6.48 Å². The summed E-state index contributed by atoms with van der Waals surface area (Å²) in [7, 11) is 0. The molecule has 4 aliphatic rings. The molecule has 15 rings (SSSR count). The maximum absolute atomic E-state index is 2.58. The second-order valence-electron chi connectivity index (χ2n) is 21.9. The molecule has 0 atom stereocenters. The van der Waals surface area contributed by atoms with Gasteiger partial charge in [-0.25, -0.2) is 0 Å². The summed E-state index contributed by atoms with van der Waals surface area (Å²) < 4.78 is 0. The maximum Gasteiger partial charge on any atom is 0.0737 e. The van der Waals surface area contributed by atoms with Crippen LogP contribution in [0.5, 0.6) is 0 Å². The van der Waals surface area contributed by atoms with Gasteiger partial charge < -0.3 is 9.80 Å². The first-order valence-electron chi connectivity index (χ1n) is 27.9. The third-order valence-electron chi connectivity index (χ3n) is 18.0. The molecule has 0 unspecified atom stereocenters. The van der Waals surface area contributed by atoms with Crippen LogP contribution in [0, 0.1) is 0 Å². The molecular formula is C73H60N2. The van der Waals surface area contributed by atoms with Crippen LogP contribution in [0.25, 0.3) is 54.6 Å². The van der Waals surface area contributed by atoms with Gasteiger partial charge >= 0.3 is 0 Å². The van der Waals surface area contributed by atoms with Crippen molar-refractivity contribution in [2.75, 3.05) is 9.80 Å². The second kappa shape index (κ2) is 18.0. The standard InChI is InChI=1S/C73H60N2/c1-5-21-49(22-6-1)51-37-41-55(42-38-51)74(53-25-9-3-10-26-53)57-45-46-64-65(47-57)58-29-13-15-33-62(58)70-66-48-69(75(54-27-11-4-12-28-54)56-43-39-52(40-44-56)50-23-7-2-8-24-50)61-32-14-16-34-63(61)71(66)73(72(64)70)67-35-19-17-30-59(67)60-31-18-20-36-68(60)73/h3-4,9-20,25-50H,1-2,5-8,21-24H2. The molecule has 0 amide bonds. The van der Waals surface area contributed by atoms with Crippen LogP contribution >= 0.6 is 0 Å². The normalized spacial score (nSPS) is 15.7. The van der Waals surface area contributed by atoms with Crippen LogP contribution in [0.2, 0.25) is 0 Å². The molecule has 0 bridgehead atoms. The number of anilines is 6. The minimum Gasteiger partial charge on any atom is -0.310 e. The number of hydrogen-bond donors (Lipinski definition) is 0. The first kappa shape index (κ1) is 44.3. The van der Waals surface area contributed by atoms with Crippen molar-refractivity contribution in [1.29, 1.82) is 0 Å². The van der Waals surface area contributed by atoms with Crippen LogP contribution in [0.1, 0.15) is 109 Å². The SMILES string of the molecule is c1ccc(N(c2ccc(C3CCCCC3)cc2)c2ccc3c4c(c5ccccc5c3c2)-c2cc(N(c3ccccc3)c3ccc(C5CCCCC5)cc3)c3ccccc3c2C42c3ccccc3-c3ccccc32)cc1. The highest BCUT2D eigenvalue weighted by molar-refractivity contribution is 6.23. The summed E-state index contributed by atoms with van der Waals surface area (Å²) in [5.41, 5.74) is 20.1. The predicted molar refractivity (Wildman–Crippen MR) is 316 cm³/mol. The number of para-hydroxylation sites is 2. The Bertz CT molecular complexity index is 3910. The van der Waals surface area contributed by atoms with Crippen molar-refractivity contribution in [1.82, 2.24) is 0 Å². The van der Waals surface area contributed by atoms with Gasteiger partial charge in [-0.15, -0.1) is 0 Å². The maximum atomic E-state index is 2.58. The number of fused-ring (bicyclic) bond motifs is 17. The van der Waals surface area contributed by atoms with Crippen LogP contribution in [-0.2, 0) is 5.41 Å². The second-order valence-corrected chi connectivity index (χ2v) is 21.9. The first-order valence-corrected chi connectivity index (χ1v) is 27.9. The summed E-state index contributed by atoms with van der Waals surface area (Å²) in [5.74, 6) is 1.29. The Morgan fingerprint density at radius 3 is 1.32 bits per heavy atom. The van der Waals surface area contributed by atoms with Gasteiger partial charge in [0, 0.05) is 33.8 Å². The monoisotopic (exact) mass is 964 g/mol. The zero-order valence-electron chi connectivity index (χ0n) is 42.6. The van der Waals surface area contributed by atoms with Crippen LogP contribution in [0.15, 0.2) is 231 Å². The van der Waals surface area contributed by atoms with E-state index in [-0.39, 0.29) is 0 Å². The minimum atomic E-state index is -0.604. The Balaban J connectivity index is 1.01. The van der Waals surface area contributed by atoms with Gasteiger partial charge in [-0.1, -0.05) is 202 Å². The van der Waals surface area contributed by atoms with Crippen LogP contribution < -0.4 is 9.80 Å². The lowest BCUT2D eigenvalue weighted by atomic mass is 9.68. The van der Waals surface area contributed by atoms with Crippen LogP contribution in [-0.4, -0.2) is 0 Å². The van der Waals surface area contributed by atoms with Gasteiger partial charge in [-0.05, 0) is 187 Å². The van der Waals surface area contributed by atoms with E-state index in [0.29, 0.717) is 11.8 Å². The molecule has 4 aliphatic carbocycles. The van der Waals surface area contributed by atoms with E-state index in [2.05, 4.69) is 240 Å². The van der Waals surface area contributed by atoms with E-state index in [1.54, 1.807) is 0 Å². The van der Waals surface area contributed by atoms with Crippen molar-refractivity contribution < 1.29 is 0 Å².